The number of methoxy groups -OCH3 is 2. The Morgan fingerprint density at radius 2 is 0.800 bits per heavy atom. The Morgan fingerprint density at radius 1 is 0.433 bits per heavy atom. The van der Waals surface area contributed by atoms with Gasteiger partial charge in [0.1, 0.15) is 11.5 Å². The Kier molecular flexibility index (Phi) is 9.07. The van der Waals surface area contributed by atoms with Gasteiger partial charge in [-0.3, -0.25) is 0 Å². The molecular weight excluding hydrogens is 737 g/mol. The molecule has 0 aliphatic rings. The van der Waals surface area contributed by atoms with Gasteiger partial charge < -0.3 is 18.6 Å². The summed E-state index contributed by atoms with van der Waals surface area (Å²) < 4.78 is 16.6. The Bertz CT molecular complexity index is 3150. The largest absolute Gasteiger partial charge is 0.497 e. The number of nitriles is 2. The maximum absolute atomic E-state index is 10.2. The number of nitrogens with zero attached hydrogens (tertiary/aromatic N) is 4. The van der Waals surface area contributed by atoms with Crippen LogP contribution in [0.25, 0.3) is 77.2 Å². The molecule has 6 heteroatoms. The van der Waals surface area contributed by atoms with Gasteiger partial charge in [-0.05, 0) is 93.7 Å². The van der Waals surface area contributed by atoms with E-state index in [0.29, 0.717) is 11.1 Å². The van der Waals surface area contributed by atoms with Crippen LogP contribution in [0.15, 0.2) is 133 Å². The highest BCUT2D eigenvalue weighted by Gasteiger charge is 2.28. The average Bonchev–Trinajstić information content (AvgIpc) is 3.75. The van der Waals surface area contributed by atoms with E-state index in [1.54, 1.807) is 14.2 Å². The van der Waals surface area contributed by atoms with Crippen molar-refractivity contribution in [2.45, 2.75) is 52.4 Å². The van der Waals surface area contributed by atoms with Gasteiger partial charge >= 0.3 is 0 Å². The second-order valence-electron chi connectivity index (χ2n) is 17.6. The first-order valence-electron chi connectivity index (χ1n) is 20.3. The molecule has 0 N–H and O–H groups in total. The van der Waals surface area contributed by atoms with Crippen LogP contribution < -0.4 is 9.47 Å². The SMILES string of the molecule is COc1ccc2c3ccc(OC)cc3n(-c3c(-c4cccc(C#N)c4)ccc(-c4cccc(C#N)c4)c3-n3c4cc(C(C)(C)C)ccc4c4ccc(C(C)(C)C)cc43)c2c1. The molecule has 0 amide bonds. The summed E-state index contributed by atoms with van der Waals surface area (Å²) in [5.74, 6) is 1.46. The first-order chi connectivity index (χ1) is 28.8. The van der Waals surface area contributed by atoms with Gasteiger partial charge in [-0.2, -0.15) is 10.5 Å². The highest BCUT2D eigenvalue weighted by Crippen LogP contribution is 2.48. The molecule has 0 saturated carbocycles. The lowest BCUT2D eigenvalue weighted by Gasteiger charge is -2.25. The van der Waals surface area contributed by atoms with Crippen LogP contribution in [0.5, 0.6) is 11.5 Å². The van der Waals surface area contributed by atoms with Gasteiger partial charge in [0.15, 0.2) is 0 Å². The van der Waals surface area contributed by atoms with Gasteiger partial charge in [0.05, 0.1) is 70.9 Å². The molecule has 2 aromatic heterocycles. The standard InChI is InChI=1S/C54H46N4O2/c1-53(2,3)37-15-19-43-44-20-16-38(54(4,5)6)28-48(44)57(47(43)27-37)51-41(35-13-9-11-33(25-35)31-55)23-24-42(36-14-10-12-34(26-36)32-56)52(51)58-49-29-39(59-7)17-21-45(49)46-22-18-40(60-8)30-50(46)58/h9-30H,1-8H3. The minimum atomic E-state index is -0.127. The highest BCUT2D eigenvalue weighted by molar-refractivity contribution is 6.14. The van der Waals surface area contributed by atoms with E-state index in [9.17, 15) is 10.5 Å². The second-order valence-corrected chi connectivity index (χ2v) is 17.6. The summed E-state index contributed by atoms with van der Waals surface area (Å²) in [4.78, 5) is 0. The minimum absolute atomic E-state index is 0.127. The molecule has 7 aromatic carbocycles. The molecule has 2 heterocycles. The first-order valence-corrected chi connectivity index (χ1v) is 20.3. The van der Waals surface area contributed by atoms with Gasteiger partial charge in [0, 0.05) is 44.8 Å². The molecule has 0 spiro atoms. The van der Waals surface area contributed by atoms with Crippen LogP contribution in [0.1, 0.15) is 63.8 Å². The molecule has 0 bridgehead atoms. The molecule has 0 fully saturated rings. The summed E-state index contributed by atoms with van der Waals surface area (Å²) in [5.41, 5.74) is 12.9. The Labute approximate surface area is 351 Å². The fourth-order valence-corrected chi connectivity index (χ4v) is 8.68. The summed E-state index contributed by atoms with van der Waals surface area (Å²) in [5, 5.41) is 24.8. The number of ether oxygens (including phenoxy) is 2. The van der Waals surface area contributed by atoms with Crippen molar-refractivity contribution < 1.29 is 9.47 Å². The van der Waals surface area contributed by atoms with Crippen molar-refractivity contribution in [3.8, 4) is 57.3 Å². The van der Waals surface area contributed by atoms with Crippen LogP contribution in [0, 0.1) is 22.7 Å². The monoisotopic (exact) mass is 782 g/mol. The van der Waals surface area contributed by atoms with Crippen molar-refractivity contribution in [1.29, 1.82) is 10.5 Å². The zero-order valence-corrected chi connectivity index (χ0v) is 35.3. The van der Waals surface area contributed by atoms with E-state index in [4.69, 9.17) is 9.47 Å². The zero-order chi connectivity index (χ0) is 42.1. The van der Waals surface area contributed by atoms with E-state index in [1.807, 2.05) is 48.5 Å². The normalized spacial score (nSPS) is 12.0. The maximum Gasteiger partial charge on any atom is 0.120 e. The second kappa shape index (κ2) is 14.2. The van der Waals surface area contributed by atoms with Gasteiger partial charge in [0.2, 0.25) is 0 Å². The molecule has 0 saturated heterocycles. The van der Waals surface area contributed by atoms with Gasteiger partial charge in [0.25, 0.3) is 0 Å². The van der Waals surface area contributed by atoms with Crippen LogP contribution in [0.4, 0.5) is 0 Å². The summed E-state index contributed by atoms with van der Waals surface area (Å²) in [6, 6.07) is 51.1. The first kappa shape index (κ1) is 38.2. The fraction of sp³-hybridized carbons (Fsp3) is 0.185. The third-order valence-electron chi connectivity index (χ3n) is 11.9. The molecule has 294 valence electrons. The molecule has 0 unspecified atom stereocenters. The quantitative estimate of drug-likeness (QED) is 0.168. The van der Waals surface area contributed by atoms with Gasteiger partial charge in [-0.15, -0.1) is 0 Å². The van der Waals surface area contributed by atoms with Crippen molar-refractivity contribution in [2.24, 2.45) is 0 Å². The van der Waals surface area contributed by atoms with Crippen molar-refractivity contribution in [2.75, 3.05) is 14.2 Å². The summed E-state index contributed by atoms with van der Waals surface area (Å²) >= 11 is 0. The average molecular weight is 783 g/mol. The number of hydrogen-bond donors (Lipinski definition) is 0. The summed E-state index contributed by atoms with van der Waals surface area (Å²) in [7, 11) is 3.39. The van der Waals surface area contributed by atoms with Crippen LogP contribution in [0.2, 0.25) is 0 Å². The predicted molar refractivity (Wildman–Crippen MR) is 246 cm³/mol. The predicted octanol–water partition coefficient (Wildman–Crippen LogP) is 13.6. The molecule has 0 atom stereocenters. The molecule has 0 aliphatic carbocycles. The lowest BCUT2D eigenvalue weighted by molar-refractivity contribution is 0.415. The zero-order valence-electron chi connectivity index (χ0n) is 35.3. The van der Waals surface area contributed by atoms with Crippen molar-refractivity contribution >= 4 is 43.6 Å². The van der Waals surface area contributed by atoms with E-state index in [1.165, 1.54) is 11.1 Å². The molecule has 60 heavy (non-hydrogen) atoms. The summed E-state index contributed by atoms with van der Waals surface area (Å²) in [6.07, 6.45) is 0. The molecule has 9 rings (SSSR count). The summed E-state index contributed by atoms with van der Waals surface area (Å²) in [6.45, 7) is 13.5. The van der Waals surface area contributed by atoms with Crippen LogP contribution >= 0.6 is 0 Å². The van der Waals surface area contributed by atoms with Crippen molar-refractivity contribution in [3.05, 3.63) is 156 Å². The molecule has 6 nitrogen and oxygen atoms in total. The van der Waals surface area contributed by atoms with Crippen molar-refractivity contribution in [1.82, 2.24) is 9.13 Å². The lowest BCUT2D eigenvalue weighted by Crippen LogP contribution is -2.12. The van der Waals surface area contributed by atoms with Crippen LogP contribution in [-0.4, -0.2) is 23.4 Å². The van der Waals surface area contributed by atoms with E-state index < -0.39 is 0 Å². The van der Waals surface area contributed by atoms with Crippen LogP contribution in [-0.2, 0) is 10.8 Å². The number of aromatic nitrogens is 2. The Morgan fingerprint density at radius 3 is 1.15 bits per heavy atom. The van der Waals surface area contributed by atoms with E-state index in [-0.39, 0.29) is 10.8 Å². The lowest BCUT2D eigenvalue weighted by atomic mass is 9.86. The maximum atomic E-state index is 10.2. The third-order valence-corrected chi connectivity index (χ3v) is 11.9. The number of fused-ring (bicyclic) bond motifs is 6. The number of hydrogen-bond acceptors (Lipinski definition) is 4. The minimum Gasteiger partial charge on any atom is -0.497 e. The molecule has 0 radical (unpaired) electrons. The third kappa shape index (κ3) is 6.24. The smallest absolute Gasteiger partial charge is 0.120 e. The highest BCUT2D eigenvalue weighted by atomic mass is 16.5. The van der Waals surface area contributed by atoms with Crippen molar-refractivity contribution in [3.63, 3.8) is 0 Å². The van der Waals surface area contributed by atoms with E-state index in [0.717, 1.165) is 88.7 Å². The topological polar surface area (TPSA) is 75.9 Å². The van der Waals surface area contributed by atoms with Crippen LogP contribution in [0.3, 0.4) is 0 Å². The Balaban J connectivity index is 1.61. The molecular formula is C54H46N4O2. The number of benzene rings is 7. The van der Waals surface area contributed by atoms with E-state index >= 15 is 0 Å². The fourth-order valence-electron chi connectivity index (χ4n) is 8.68. The molecule has 0 aliphatic heterocycles. The Hall–Kier alpha value is -7.28. The van der Waals surface area contributed by atoms with Gasteiger partial charge in [-0.1, -0.05) is 102 Å². The van der Waals surface area contributed by atoms with Gasteiger partial charge in [-0.25, -0.2) is 0 Å². The number of rotatable bonds is 6. The molecule has 9 aromatic rings. The van der Waals surface area contributed by atoms with E-state index in [2.05, 4.69) is 148 Å².